The van der Waals surface area contributed by atoms with Crippen LogP contribution in [0.5, 0.6) is 0 Å². The maximum absolute atomic E-state index is 13.9. The zero-order chi connectivity index (χ0) is 21.0. The second-order valence-electron chi connectivity index (χ2n) is 4.57. The Labute approximate surface area is 157 Å². The van der Waals surface area contributed by atoms with Crippen LogP contribution < -0.4 is 0 Å². The molecule has 26 heavy (non-hydrogen) atoms. The molecular formula is C10H4Br2F8O4S2. The third kappa shape index (κ3) is 3.61. The molecule has 0 aliphatic carbocycles. The summed E-state index contributed by atoms with van der Waals surface area (Å²) in [6.07, 6.45) is 0. The van der Waals surface area contributed by atoms with E-state index in [1.165, 1.54) is 0 Å². The van der Waals surface area contributed by atoms with E-state index in [4.69, 9.17) is 0 Å². The number of rotatable bonds is 6. The molecule has 0 spiro atoms. The van der Waals surface area contributed by atoms with Crippen molar-refractivity contribution in [2.24, 2.45) is 0 Å². The maximum Gasteiger partial charge on any atom is 0.451 e. The first-order valence-corrected chi connectivity index (χ1v) is 10.2. The van der Waals surface area contributed by atoms with Crippen LogP contribution in [0.4, 0.5) is 34.6 Å². The third-order valence-electron chi connectivity index (χ3n) is 2.87. The molecule has 1 atom stereocenters. The summed E-state index contributed by atoms with van der Waals surface area (Å²) in [7, 11) is -13.9. The molecular weight excluding hydrogens is 560 g/mol. The molecule has 0 heterocycles. The van der Waals surface area contributed by atoms with Crippen LogP contribution in [0.2, 0.25) is 0 Å². The number of sulfone groups is 1. The molecule has 0 saturated carbocycles. The van der Waals surface area contributed by atoms with Gasteiger partial charge in [0, 0.05) is 5.56 Å². The summed E-state index contributed by atoms with van der Waals surface area (Å²) in [5, 5.41) is -13.1. The van der Waals surface area contributed by atoms with Crippen molar-refractivity contribution in [1.29, 1.82) is 0 Å². The monoisotopic (exact) mass is 562 g/mol. The van der Waals surface area contributed by atoms with Crippen LogP contribution in [0.3, 0.4) is 0 Å². The Balaban J connectivity index is 3.49. The van der Waals surface area contributed by atoms with Gasteiger partial charge in [0.2, 0.25) is 0 Å². The second kappa shape index (κ2) is 6.55. The molecule has 0 fully saturated rings. The first kappa shape index (κ1) is 23.6. The van der Waals surface area contributed by atoms with Crippen LogP contribution in [0.25, 0.3) is 0 Å². The van der Waals surface area contributed by atoms with Gasteiger partial charge in [-0.3, -0.25) is 0 Å². The van der Waals surface area contributed by atoms with Crippen molar-refractivity contribution >= 4 is 51.9 Å². The highest BCUT2D eigenvalue weighted by atomic mass is 79.9. The third-order valence-corrected chi connectivity index (χ3v) is 7.72. The normalized spacial score (nSPS) is 17.0. The van der Waals surface area contributed by atoms with E-state index in [-0.39, 0.29) is 24.3 Å². The zero-order valence-corrected chi connectivity index (χ0v) is 16.3. The van der Waals surface area contributed by atoms with E-state index in [1.54, 1.807) is 15.9 Å². The first-order chi connectivity index (χ1) is 11.2. The van der Waals surface area contributed by atoms with Crippen molar-refractivity contribution in [3.05, 3.63) is 29.8 Å². The molecule has 16 heteroatoms. The van der Waals surface area contributed by atoms with Gasteiger partial charge in [0.15, 0.2) is 0 Å². The Morgan fingerprint density at radius 1 is 0.731 bits per heavy atom. The van der Waals surface area contributed by atoms with Crippen LogP contribution in [0, 0.1) is 0 Å². The predicted octanol–water partition coefficient (Wildman–Crippen LogP) is 4.45. The number of hydrogen-bond acceptors (Lipinski definition) is 4. The standard InChI is InChI=1S/C10H4Br2F8O4S2/c11-7(13,8(12,14)15)5-1-3-6(4-2-5)25(21,22)9(16,17)10(18,19)26(20,23)24/h1-4H. The SMILES string of the molecule is O=S(=O)(F)C(F)(F)C(F)(F)S(=O)(=O)c1ccc(C(F)(Br)C(F)(F)Br)cc1. The second-order valence-corrected chi connectivity index (χ2v) is 10.0. The van der Waals surface area contributed by atoms with Crippen LogP contribution in [0.1, 0.15) is 5.56 Å². The Hall–Kier alpha value is -0.480. The molecule has 4 nitrogen and oxygen atoms in total. The Morgan fingerprint density at radius 3 is 1.42 bits per heavy atom. The highest BCUT2D eigenvalue weighted by Crippen LogP contribution is 2.51. The predicted molar refractivity (Wildman–Crippen MR) is 79.1 cm³/mol. The first-order valence-electron chi connectivity index (χ1n) is 5.71. The van der Waals surface area contributed by atoms with Crippen molar-refractivity contribution < 1.29 is 51.5 Å². The molecule has 0 radical (unpaired) electrons. The van der Waals surface area contributed by atoms with Crippen molar-refractivity contribution in [3.8, 4) is 0 Å². The van der Waals surface area contributed by atoms with Crippen LogP contribution >= 0.6 is 31.9 Å². The largest absolute Gasteiger partial charge is 0.451 e. The minimum atomic E-state index is -7.34. The molecule has 0 N–H and O–H groups in total. The molecule has 1 unspecified atom stereocenters. The highest BCUT2D eigenvalue weighted by molar-refractivity contribution is 9.12. The fourth-order valence-corrected chi connectivity index (χ4v) is 3.96. The van der Waals surface area contributed by atoms with E-state index < -0.39 is 50.4 Å². The summed E-state index contributed by atoms with van der Waals surface area (Å²) in [6.45, 7) is 0. The lowest BCUT2D eigenvalue weighted by atomic mass is 10.1. The molecule has 1 rings (SSSR count). The minimum absolute atomic E-state index is 0.0356. The quantitative estimate of drug-likeness (QED) is 0.291. The van der Waals surface area contributed by atoms with Crippen molar-refractivity contribution in [2.75, 3.05) is 0 Å². The summed E-state index contributed by atoms with van der Waals surface area (Å²) < 4.78 is 145. The topological polar surface area (TPSA) is 68.3 Å². The van der Waals surface area contributed by atoms with Gasteiger partial charge in [-0.2, -0.15) is 34.8 Å². The lowest BCUT2D eigenvalue weighted by Crippen LogP contribution is -2.50. The number of halogens is 10. The average Bonchev–Trinajstić information content (AvgIpc) is 2.44. The number of alkyl halides is 9. The summed E-state index contributed by atoms with van der Waals surface area (Å²) in [4.78, 5) is -5.95. The zero-order valence-electron chi connectivity index (χ0n) is 11.5. The molecule has 0 amide bonds. The minimum Gasteiger partial charge on any atom is -0.218 e. The fourth-order valence-electron chi connectivity index (χ4n) is 1.45. The van der Waals surface area contributed by atoms with Crippen molar-refractivity contribution in [1.82, 2.24) is 0 Å². The van der Waals surface area contributed by atoms with E-state index in [2.05, 4.69) is 0 Å². The van der Waals surface area contributed by atoms with E-state index >= 15 is 0 Å². The van der Waals surface area contributed by atoms with Gasteiger partial charge in [0.1, 0.15) is 0 Å². The van der Waals surface area contributed by atoms with Gasteiger partial charge in [-0.05, 0) is 44.0 Å². The van der Waals surface area contributed by atoms with E-state index in [1.807, 2.05) is 15.9 Å². The molecule has 0 aliphatic heterocycles. The van der Waals surface area contributed by atoms with Crippen LogP contribution in [0.15, 0.2) is 29.2 Å². The molecule has 0 aromatic heterocycles. The highest BCUT2D eigenvalue weighted by Gasteiger charge is 2.74. The lowest BCUT2D eigenvalue weighted by molar-refractivity contribution is -0.0992. The van der Waals surface area contributed by atoms with Crippen LogP contribution in [-0.4, -0.2) is 32.2 Å². The van der Waals surface area contributed by atoms with E-state index in [0.29, 0.717) is 0 Å². The Bertz CT molecular complexity index is 892. The summed E-state index contributed by atoms with van der Waals surface area (Å²) >= 11 is 3.65. The molecule has 0 aliphatic rings. The Morgan fingerprint density at radius 2 is 1.12 bits per heavy atom. The number of benzene rings is 1. The Kier molecular flexibility index (Phi) is 5.93. The molecule has 150 valence electrons. The van der Waals surface area contributed by atoms with Gasteiger partial charge in [-0.1, -0.05) is 16.0 Å². The smallest absolute Gasteiger partial charge is 0.218 e. The lowest BCUT2D eigenvalue weighted by Gasteiger charge is -2.25. The summed E-state index contributed by atoms with van der Waals surface area (Å²) in [5.41, 5.74) is -1.01. The summed E-state index contributed by atoms with van der Waals surface area (Å²) in [6, 6.07) is 0.533. The maximum atomic E-state index is 13.9. The average molecular weight is 564 g/mol. The van der Waals surface area contributed by atoms with Gasteiger partial charge in [-0.25, -0.2) is 12.8 Å². The van der Waals surface area contributed by atoms with E-state index in [9.17, 15) is 51.5 Å². The molecule has 1 aromatic rings. The molecule has 0 saturated heterocycles. The van der Waals surface area contributed by atoms with Gasteiger partial charge in [0.05, 0.1) is 4.90 Å². The van der Waals surface area contributed by atoms with Gasteiger partial charge >= 0.3 is 25.6 Å². The van der Waals surface area contributed by atoms with Crippen molar-refractivity contribution in [3.63, 3.8) is 0 Å². The number of hydrogen-bond donors (Lipinski definition) is 0. The van der Waals surface area contributed by atoms with Gasteiger partial charge < -0.3 is 0 Å². The van der Waals surface area contributed by atoms with Crippen LogP contribution in [-0.2, 0) is 24.6 Å². The molecule has 1 aromatic carbocycles. The molecule has 0 bridgehead atoms. The fraction of sp³-hybridized carbons (Fsp3) is 0.400. The van der Waals surface area contributed by atoms with Gasteiger partial charge in [-0.15, -0.1) is 0 Å². The van der Waals surface area contributed by atoms with Gasteiger partial charge in [0.25, 0.3) is 14.4 Å². The van der Waals surface area contributed by atoms with Crippen molar-refractivity contribution in [2.45, 2.75) is 24.8 Å². The summed E-state index contributed by atoms with van der Waals surface area (Å²) in [5.74, 6) is 0. The van der Waals surface area contributed by atoms with E-state index in [0.717, 1.165) is 0 Å².